The van der Waals surface area contributed by atoms with E-state index in [1.165, 1.54) is 8.64 Å². The molecule has 0 aliphatic heterocycles. The highest BCUT2D eigenvalue weighted by atomic mass is 33.7. The molecule has 0 saturated carbocycles. The van der Waals surface area contributed by atoms with Crippen LogP contribution in [0.2, 0.25) is 0 Å². The van der Waals surface area contributed by atoms with E-state index in [2.05, 4.69) is 63.0 Å². The highest BCUT2D eigenvalue weighted by molar-refractivity contribution is 9.29. The van der Waals surface area contributed by atoms with E-state index in [0.29, 0.717) is 21.0 Å². The molecule has 0 N–H and O–H groups in total. The van der Waals surface area contributed by atoms with Gasteiger partial charge in [0.05, 0.1) is 8.64 Å². The van der Waals surface area contributed by atoms with Crippen LogP contribution in [0.15, 0.2) is 0 Å². The lowest BCUT2D eigenvalue weighted by atomic mass is 11.0. The van der Waals surface area contributed by atoms with Crippen LogP contribution in [-0.2, 0) is 0 Å². The van der Waals surface area contributed by atoms with Crippen molar-refractivity contribution in [3.8, 4) is 0 Å². The monoisotopic (exact) mass is 364 g/mol. The van der Waals surface area contributed by atoms with Gasteiger partial charge in [-0.1, -0.05) is 0 Å². The van der Waals surface area contributed by atoms with Crippen LogP contribution in [0.25, 0.3) is 0 Å². The van der Waals surface area contributed by atoms with Gasteiger partial charge in [0, 0.05) is 0 Å². The zero-order chi connectivity index (χ0) is 14.3. The number of hydrogen-bond acceptors (Lipinski definition) is 4. The molecule has 0 spiro atoms. The number of hydrogen-bond donors (Lipinski definition) is 0. The zero-order valence-electron chi connectivity index (χ0n) is 12.3. The maximum Gasteiger partial charge on any atom is 0.0864 e. The maximum absolute atomic E-state index is 2.27. The molecule has 0 aromatic heterocycles. The van der Waals surface area contributed by atoms with E-state index in [1.54, 1.807) is 0 Å². The third-order valence-electron chi connectivity index (χ3n) is 1.67. The van der Waals surface area contributed by atoms with Crippen molar-refractivity contribution in [3.63, 3.8) is 0 Å². The molecule has 110 valence electrons. The first kappa shape index (κ1) is 19.8. The Bertz CT molecular complexity index is 284. The van der Waals surface area contributed by atoms with Gasteiger partial charge in [0.2, 0.25) is 0 Å². The summed E-state index contributed by atoms with van der Waals surface area (Å²) >= 11 is 0. The fourth-order valence-electron chi connectivity index (χ4n) is 1.10. The molecule has 0 fully saturated rings. The minimum atomic E-state index is 0.331. The van der Waals surface area contributed by atoms with E-state index in [0.717, 1.165) is 0 Å². The van der Waals surface area contributed by atoms with Crippen molar-refractivity contribution in [1.82, 2.24) is 9.80 Å². The highest BCUT2D eigenvalue weighted by Gasteiger charge is 2.08. The lowest BCUT2D eigenvalue weighted by Crippen LogP contribution is -2.18. The average Bonchev–Trinajstić information content (AvgIpc) is 2.20. The molecule has 0 aliphatic rings. The number of rotatable bonds is 3. The van der Waals surface area contributed by atoms with Crippen LogP contribution in [-0.4, -0.2) is 71.7 Å². The van der Waals surface area contributed by atoms with Crippen molar-refractivity contribution in [3.05, 3.63) is 0 Å². The van der Waals surface area contributed by atoms with Gasteiger partial charge in [-0.25, -0.2) is 0 Å². The third-order valence-corrected chi connectivity index (χ3v) is 12.9. The molecule has 0 radical (unpaired) electrons. The van der Waals surface area contributed by atoms with E-state index in [9.17, 15) is 0 Å². The van der Waals surface area contributed by atoms with E-state index >= 15 is 0 Å². The molecule has 0 aliphatic carbocycles. The molecule has 0 saturated heterocycles. The predicted octanol–water partition coefficient (Wildman–Crippen LogP) is 4.02. The Hall–Kier alpha value is 1.76. The summed E-state index contributed by atoms with van der Waals surface area (Å²) < 4.78 is 2.90. The fourth-order valence-corrected chi connectivity index (χ4v) is 12.5. The van der Waals surface area contributed by atoms with E-state index < -0.39 is 0 Å². The van der Waals surface area contributed by atoms with Crippen molar-refractivity contribution in [2.45, 2.75) is 0 Å². The van der Waals surface area contributed by atoms with E-state index in [-0.39, 0.29) is 0 Å². The summed E-state index contributed by atoms with van der Waals surface area (Å²) in [6.45, 7) is 0. The molecular formula is C10H24N2S6. The molecule has 0 unspecified atom stereocenters. The quantitative estimate of drug-likeness (QED) is 0.421. The van der Waals surface area contributed by atoms with Gasteiger partial charge in [0.1, 0.15) is 0 Å². The topological polar surface area (TPSA) is 6.48 Å². The smallest absolute Gasteiger partial charge is 0.0864 e. The first-order chi connectivity index (χ1) is 8.27. The van der Waals surface area contributed by atoms with Gasteiger partial charge < -0.3 is 0 Å². The molecule has 0 atom stereocenters. The minimum absolute atomic E-state index is 0.331. The van der Waals surface area contributed by atoms with Crippen molar-refractivity contribution in [1.29, 1.82) is 0 Å². The first-order valence-corrected chi connectivity index (χ1v) is 14.1. The molecule has 2 nitrogen and oxygen atoms in total. The second kappa shape index (κ2) is 10.5. The summed E-state index contributed by atoms with van der Waals surface area (Å²) in [7, 11) is 16.7. The van der Waals surface area contributed by atoms with Gasteiger partial charge in [-0.15, -0.1) is 0 Å². The van der Waals surface area contributed by atoms with Gasteiger partial charge in [0.15, 0.2) is 0 Å². The van der Waals surface area contributed by atoms with Crippen molar-refractivity contribution < 1.29 is 0 Å². The molecule has 0 bridgehead atoms. The summed E-state index contributed by atoms with van der Waals surface area (Å²) in [5.74, 6) is 0. The summed E-state index contributed by atoms with van der Waals surface area (Å²) in [5, 5.41) is 0. The molecule has 0 aromatic rings. The Labute approximate surface area is 133 Å². The van der Waals surface area contributed by atoms with Crippen LogP contribution in [0.1, 0.15) is 0 Å². The molecular weight excluding hydrogens is 341 g/mol. The van der Waals surface area contributed by atoms with Gasteiger partial charge >= 0.3 is 0 Å². The summed E-state index contributed by atoms with van der Waals surface area (Å²) in [4.78, 5) is 4.46. The van der Waals surface area contributed by atoms with Gasteiger partial charge in [-0.05, 0) is 94.5 Å². The second-order valence-electron chi connectivity index (χ2n) is 4.26. The minimum Gasteiger partial charge on any atom is -0.270 e. The largest absolute Gasteiger partial charge is 0.270 e. The third kappa shape index (κ3) is 8.14. The van der Waals surface area contributed by atoms with E-state index in [4.69, 9.17) is 0 Å². The van der Waals surface area contributed by atoms with Crippen molar-refractivity contribution in [2.24, 2.45) is 0 Å². The molecule has 0 amide bonds. The van der Waals surface area contributed by atoms with Gasteiger partial charge in [-0.3, -0.25) is 9.80 Å². The van der Waals surface area contributed by atoms with Gasteiger partial charge in [-0.2, -0.15) is 21.0 Å². The normalized spacial score (nSPS) is 12.0. The van der Waals surface area contributed by atoms with Gasteiger partial charge in [0.25, 0.3) is 0 Å². The van der Waals surface area contributed by atoms with Crippen molar-refractivity contribution in [2.75, 3.05) is 53.2 Å². The fraction of sp³-hybridized carbons (Fsp3) is 0.800. The zero-order valence-corrected chi connectivity index (χ0v) is 17.2. The lowest BCUT2D eigenvalue weighted by molar-refractivity contribution is 0.648. The molecule has 0 rings (SSSR count). The summed E-state index contributed by atoms with van der Waals surface area (Å²) in [5.41, 5.74) is 0. The molecule has 8 heteroatoms. The number of nitrogens with zero attached hydrogens (tertiary/aromatic N) is 2. The lowest BCUT2D eigenvalue weighted by Gasteiger charge is -2.17. The SMILES string of the molecule is CN(C)C(SSSSC(N(C)C)=S(C)C)=S(C)C. The Kier molecular flexibility index (Phi) is 11.5. The Balaban J connectivity index is 4.23. The molecule has 0 aromatic carbocycles. The Morgan fingerprint density at radius 3 is 1.11 bits per heavy atom. The molecule has 18 heavy (non-hydrogen) atoms. The standard InChI is InChI=1S/C10H24N2S6/c1-11(2)9(17(5)6)13-15-16-14-10(12(3)4)18(7)8/h1-8H3. The van der Waals surface area contributed by atoms with Crippen molar-refractivity contribution >= 4 is 70.8 Å². The van der Waals surface area contributed by atoms with Crippen LogP contribution in [0.4, 0.5) is 0 Å². The first-order valence-electron chi connectivity index (χ1n) is 5.19. The predicted molar refractivity (Wildman–Crippen MR) is 107 cm³/mol. The van der Waals surface area contributed by atoms with Crippen LogP contribution in [0.5, 0.6) is 0 Å². The van der Waals surface area contributed by atoms with Crippen LogP contribution < -0.4 is 0 Å². The highest BCUT2D eigenvalue weighted by Crippen LogP contribution is 2.46. The Morgan fingerprint density at radius 2 is 0.944 bits per heavy atom. The van der Waals surface area contributed by atoms with Crippen LogP contribution in [0.3, 0.4) is 0 Å². The second-order valence-corrected chi connectivity index (χ2v) is 14.5. The summed E-state index contributed by atoms with van der Waals surface area (Å²) in [6.07, 6.45) is 9.09. The maximum atomic E-state index is 2.27. The molecule has 0 heterocycles. The average molecular weight is 365 g/mol. The van der Waals surface area contributed by atoms with Crippen LogP contribution >= 0.6 is 62.2 Å². The van der Waals surface area contributed by atoms with E-state index in [1.807, 2.05) is 41.2 Å². The summed E-state index contributed by atoms with van der Waals surface area (Å²) in [6, 6.07) is 0. The van der Waals surface area contributed by atoms with Crippen LogP contribution in [0, 0.1) is 0 Å². The Morgan fingerprint density at radius 1 is 0.667 bits per heavy atom.